The summed E-state index contributed by atoms with van der Waals surface area (Å²) in [5.41, 5.74) is 0. The molecular formula is C12H20N2O4S2. The fourth-order valence-corrected chi connectivity index (χ4v) is 4.21. The van der Waals surface area contributed by atoms with E-state index in [1.807, 2.05) is 0 Å². The summed E-state index contributed by atoms with van der Waals surface area (Å²) in [6, 6.07) is 1.51. The molecule has 0 aromatic carbocycles. The highest BCUT2D eigenvalue weighted by atomic mass is 32.2. The number of nitrogens with zero attached hydrogens (tertiary/aromatic N) is 1. The van der Waals surface area contributed by atoms with Crippen LogP contribution in [0.15, 0.2) is 16.3 Å². The lowest BCUT2D eigenvalue weighted by molar-refractivity contribution is 0.0376. The molecule has 0 unspecified atom stereocenters. The number of hydrogen-bond donors (Lipinski definition) is 2. The van der Waals surface area contributed by atoms with Gasteiger partial charge in [-0.25, -0.2) is 13.1 Å². The minimum atomic E-state index is -3.45. The van der Waals surface area contributed by atoms with E-state index in [2.05, 4.69) is 9.62 Å². The maximum Gasteiger partial charge on any atom is 0.241 e. The van der Waals surface area contributed by atoms with Crippen LogP contribution < -0.4 is 4.72 Å². The van der Waals surface area contributed by atoms with Gasteiger partial charge in [-0.2, -0.15) is 0 Å². The Hall–Kier alpha value is -0.510. The Balaban J connectivity index is 1.74. The summed E-state index contributed by atoms with van der Waals surface area (Å²) in [4.78, 5) is 3.16. The zero-order valence-electron chi connectivity index (χ0n) is 11.2. The largest absolute Gasteiger partial charge is 0.391 e. The van der Waals surface area contributed by atoms with Gasteiger partial charge in [0.25, 0.3) is 0 Å². The SMILES string of the molecule is O=S(=O)(NCCCN1CCOCC1)c1csc(CO)c1. The smallest absolute Gasteiger partial charge is 0.241 e. The third-order valence-corrected chi connectivity index (χ3v) is 5.65. The first-order valence-corrected chi connectivity index (χ1v) is 8.96. The minimum Gasteiger partial charge on any atom is -0.391 e. The first-order chi connectivity index (χ1) is 9.62. The number of thiophene rings is 1. The number of morpholine rings is 1. The normalized spacial score (nSPS) is 17.4. The summed E-state index contributed by atoms with van der Waals surface area (Å²) in [6.45, 7) is 4.50. The van der Waals surface area contributed by atoms with Crippen LogP contribution in [-0.4, -0.2) is 57.8 Å². The second kappa shape index (κ2) is 7.48. The zero-order chi connectivity index (χ0) is 14.4. The van der Waals surface area contributed by atoms with Crippen molar-refractivity contribution in [3.63, 3.8) is 0 Å². The Bertz CT molecular complexity index is 509. The molecule has 1 aliphatic heterocycles. The average molecular weight is 320 g/mol. The lowest BCUT2D eigenvalue weighted by atomic mass is 10.3. The second-order valence-electron chi connectivity index (χ2n) is 4.61. The summed E-state index contributed by atoms with van der Waals surface area (Å²) in [5.74, 6) is 0. The van der Waals surface area contributed by atoms with Gasteiger partial charge in [0.05, 0.1) is 24.7 Å². The lowest BCUT2D eigenvalue weighted by Gasteiger charge is -2.26. The Morgan fingerprint density at radius 2 is 2.15 bits per heavy atom. The quantitative estimate of drug-likeness (QED) is 0.704. The average Bonchev–Trinajstić information content (AvgIpc) is 2.95. The van der Waals surface area contributed by atoms with E-state index in [1.54, 1.807) is 5.38 Å². The number of sulfonamides is 1. The number of nitrogens with one attached hydrogen (secondary N) is 1. The van der Waals surface area contributed by atoms with Gasteiger partial charge in [-0.05, 0) is 19.0 Å². The molecular weight excluding hydrogens is 300 g/mol. The summed E-state index contributed by atoms with van der Waals surface area (Å²) in [6.07, 6.45) is 0.774. The van der Waals surface area contributed by atoms with Gasteiger partial charge in [0, 0.05) is 29.9 Å². The van der Waals surface area contributed by atoms with Crippen LogP contribution in [0.3, 0.4) is 0 Å². The Morgan fingerprint density at radius 1 is 1.40 bits per heavy atom. The van der Waals surface area contributed by atoms with Gasteiger partial charge in [-0.1, -0.05) is 0 Å². The number of rotatable bonds is 7. The second-order valence-corrected chi connectivity index (χ2v) is 7.37. The third kappa shape index (κ3) is 4.51. The molecule has 114 valence electrons. The van der Waals surface area contributed by atoms with Crippen LogP contribution in [-0.2, 0) is 21.4 Å². The maximum atomic E-state index is 12.0. The number of aliphatic hydroxyl groups is 1. The van der Waals surface area contributed by atoms with Crippen molar-refractivity contribution in [3.05, 3.63) is 16.3 Å². The van der Waals surface area contributed by atoms with Crippen molar-refractivity contribution < 1.29 is 18.3 Å². The van der Waals surface area contributed by atoms with Gasteiger partial charge in [-0.15, -0.1) is 11.3 Å². The first kappa shape index (κ1) is 15.9. The monoisotopic (exact) mass is 320 g/mol. The van der Waals surface area contributed by atoms with E-state index in [0.717, 1.165) is 39.3 Å². The van der Waals surface area contributed by atoms with Gasteiger partial charge in [-0.3, -0.25) is 4.90 Å². The van der Waals surface area contributed by atoms with E-state index >= 15 is 0 Å². The van der Waals surface area contributed by atoms with Crippen LogP contribution in [0.5, 0.6) is 0 Å². The zero-order valence-corrected chi connectivity index (χ0v) is 12.9. The highest BCUT2D eigenvalue weighted by molar-refractivity contribution is 7.89. The van der Waals surface area contributed by atoms with Crippen molar-refractivity contribution in [2.45, 2.75) is 17.9 Å². The molecule has 0 atom stereocenters. The third-order valence-electron chi connectivity index (χ3n) is 3.14. The molecule has 0 radical (unpaired) electrons. The highest BCUT2D eigenvalue weighted by Gasteiger charge is 2.16. The van der Waals surface area contributed by atoms with Crippen molar-refractivity contribution in [3.8, 4) is 0 Å². The van der Waals surface area contributed by atoms with Crippen LogP contribution in [0.2, 0.25) is 0 Å². The molecule has 0 amide bonds. The van der Waals surface area contributed by atoms with Gasteiger partial charge < -0.3 is 9.84 Å². The van der Waals surface area contributed by atoms with Crippen LogP contribution in [0, 0.1) is 0 Å². The number of aliphatic hydroxyl groups excluding tert-OH is 1. The molecule has 0 aliphatic carbocycles. The van der Waals surface area contributed by atoms with E-state index in [0.29, 0.717) is 11.4 Å². The Morgan fingerprint density at radius 3 is 2.80 bits per heavy atom. The van der Waals surface area contributed by atoms with Gasteiger partial charge in [0.15, 0.2) is 0 Å². The molecule has 8 heteroatoms. The topological polar surface area (TPSA) is 78.9 Å². The molecule has 2 N–H and O–H groups in total. The first-order valence-electron chi connectivity index (χ1n) is 6.60. The Labute approximate surface area is 123 Å². The molecule has 2 heterocycles. The fourth-order valence-electron chi connectivity index (χ4n) is 2.00. The maximum absolute atomic E-state index is 12.0. The van der Waals surface area contributed by atoms with E-state index in [1.165, 1.54) is 17.4 Å². The fraction of sp³-hybridized carbons (Fsp3) is 0.667. The molecule has 1 fully saturated rings. The van der Waals surface area contributed by atoms with Crippen LogP contribution in [0.1, 0.15) is 11.3 Å². The standard InChI is InChI=1S/C12H20N2O4S2/c15-9-11-8-12(10-19-11)20(16,17)13-2-1-3-14-4-6-18-7-5-14/h8,10,13,15H,1-7,9H2. The van der Waals surface area contributed by atoms with Crippen molar-refractivity contribution in [1.29, 1.82) is 0 Å². The number of hydrogen-bond acceptors (Lipinski definition) is 6. The van der Waals surface area contributed by atoms with E-state index in [4.69, 9.17) is 9.84 Å². The summed E-state index contributed by atoms with van der Waals surface area (Å²) >= 11 is 1.25. The van der Waals surface area contributed by atoms with E-state index < -0.39 is 10.0 Å². The predicted octanol–water partition coefficient (Wildman–Crippen LogP) is 0.241. The molecule has 0 bridgehead atoms. The van der Waals surface area contributed by atoms with Crippen molar-refractivity contribution in [1.82, 2.24) is 9.62 Å². The molecule has 20 heavy (non-hydrogen) atoms. The molecule has 1 saturated heterocycles. The van der Waals surface area contributed by atoms with Gasteiger partial charge in [0.2, 0.25) is 10.0 Å². The molecule has 1 aliphatic rings. The lowest BCUT2D eigenvalue weighted by Crippen LogP contribution is -2.38. The summed E-state index contributed by atoms with van der Waals surface area (Å²) < 4.78 is 31.8. The Kier molecular flexibility index (Phi) is 5.94. The molecule has 0 spiro atoms. The van der Waals surface area contributed by atoms with Gasteiger partial charge in [0.1, 0.15) is 0 Å². The highest BCUT2D eigenvalue weighted by Crippen LogP contribution is 2.18. The van der Waals surface area contributed by atoms with Crippen molar-refractivity contribution in [2.24, 2.45) is 0 Å². The molecule has 2 rings (SSSR count). The van der Waals surface area contributed by atoms with Crippen LogP contribution in [0.25, 0.3) is 0 Å². The minimum absolute atomic E-state index is 0.128. The van der Waals surface area contributed by atoms with Gasteiger partial charge >= 0.3 is 0 Å². The predicted molar refractivity (Wildman–Crippen MR) is 77.3 cm³/mol. The molecule has 1 aromatic rings. The summed E-state index contributed by atoms with van der Waals surface area (Å²) in [7, 11) is -3.45. The van der Waals surface area contributed by atoms with Crippen molar-refractivity contribution >= 4 is 21.4 Å². The molecule has 6 nitrogen and oxygen atoms in total. The summed E-state index contributed by atoms with van der Waals surface area (Å²) in [5, 5.41) is 10.5. The molecule has 0 saturated carbocycles. The molecule has 1 aromatic heterocycles. The number of ether oxygens (including phenoxy) is 1. The van der Waals surface area contributed by atoms with Crippen LogP contribution in [0.4, 0.5) is 0 Å². The van der Waals surface area contributed by atoms with Crippen molar-refractivity contribution in [2.75, 3.05) is 39.4 Å². The van der Waals surface area contributed by atoms with Crippen LogP contribution >= 0.6 is 11.3 Å². The van der Waals surface area contributed by atoms with E-state index in [-0.39, 0.29) is 11.5 Å². The van der Waals surface area contributed by atoms with E-state index in [9.17, 15) is 8.42 Å².